The summed E-state index contributed by atoms with van der Waals surface area (Å²) in [5, 5.41) is 4.93. The molecule has 0 bridgehead atoms. The number of halogens is 4. The van der Waals surface area contributed by atoms with E-state index < -0.39 is 17.6 Å². The van der Waals surface area contributed by atoms with Gasteiger partial charge in [-0.15, -0.1) is 11.3 Å². The van der Waals surface area contributed by atoms with Crippen LogP contribution in [0.15, 0.2) is 35.7 Å². The maximum atomic E-state index is 13.0. The monoisotopic (exact) mass is 303 g/mol. The zero-order chi connectivity index (χ0) is 14.8. The Bertz CT molecular complexity index is 563. The van der Waals surface area contributed by atoms with Gasteiger partial charge >= 0.3 is 6.18 Å². The summed E-state index contributed by atoms with van der Waals surface area (Å²) in [6.45, 7) is 1.91. The highest BCUT2D eigenvalue weighted by Gasteiger charge is 2.33. The second-order valence-corrected chi connectivity index (χ2v) is 5.40. The SMILES string of the molecule is C[C@H](NCc1ccc(F)cc1C(F)(F)F)c1cccs1. The lowest BCUT2D eigenvalue weighted by Gasteiger charge is -2.16. The molecule has 1 nitrogen and oxygen atoms in total. The van der Waals surface area contributed by atoms with Gasteiger partial charge in [0.25, 0.3) is 0 Å². The van der Waals surface area contributed by atoms with Crippen LogP contribution in [-0.2, 0) is 12.7 Å². The van der Waals surface area contributed by atoms with Gasteiger partial charge in [-0.1, -0.05) is 12.1 Å². The van der Waals surface area contributed by atoms with E-state index in [1.54, 1.807) is 0 Å². The third-order valence-corrected chi connectivity index (χ3v) is 4.00. The molecule has 0 aliphatic carbocycles. The van der Waals surface area contributed by atoms with Crippen molar-refractivity contribution in [1.82, 2.24) is 5.32 Å². The largest absolute Gasteiger partial charge is 0.416 e. The number of alkyl halides is 3. The Morgan fingerprint density at radius 1 is 1.25 bits per heavy atom. The average molecular weight is 303 g/mol. The first-order valence-corrected chi connectivity index (χ1v) is 6.88. The lowest BCUT2D eigenvalue weighted by atomic mass is 10.1. The molecular weight excluding hydrogens is 290 g/mol. The van der Waals surface area contributed by atoms with Crippen molar-refractivity contribution in [2.45, 2.75) is 25.7 Å². The second kappa shape index (κ2) is 5.93. The molecular formula is C14H13F4NS. The van der Waals surface area contributed by atoms with Crippen LogP contribution < -0.4 is 5.32 Å². The second-order valence-electron chi connectivity index (χ2n) is 4.42. The molecule has 0 aliphatic rings. The van der Waals surface area contributed by atoms with Crippen molar-refractivity contribution in [3.63, 3.8) is 0 Å². The summed E-state index contributed by atoms with van der Waals surface area (Å²) in [4.78, 5) is 1.04. The fraction of sp³-hybridized carbons (Fsp3) is 0.286. The van der Waals surface area contributed by atoms with Crippen LogP contribution >= 0.6 is 11.3 Å². The van der Waals surface area contributed by atoms with Gasteiger partial charge in [-0.05, 0) is 36.1 Å². The van der Waals surface area contributed by atoms with Gasteiger partial charge in [0.1, 0.15) is 5.82 Å². The van der Waals surface area contributed by atoms with Crippen LogP contribution in [0.2, 0.25) is 0 Å². The maximum absolute atomic E-state index is 13.0. The van der Waals surface area contributed by atoms with Gasteiger partial charge in [0.15, 0.2) is 0 Å². The fourth-order valence-corrected chi connectivity index (χ4v) is 2.63. The summed E-state index contributed by atoms with van der Waals surface area (Å²) < 4.78 is 51.5. The fourth-order valence-electron chi connectivity index (χ4n) is 1.87. The maximum Gasteiger partial charge on any atom is 0.416 e. The van der Waals surface area contributed by atoms with E-state index in [1.807, 2.05) is 24.4 Å². The summed E-state index contributed by atoms with van der Waals surface area (Å²) in [5.41, 5.74) is -0.884. The third kappa shape index (κ3) is 3.58. The summed E-state index contributed by atoms with van der Waals surface area (Å²) in [7, 11) is 0. The summed E-state index contributed by atoms with van der Waals surface area (Å²) >= 11 is 1.53. The zero-order valence-electron chi connectivity index (χ0n) is 10.7. The molecule has 0 spiro atoms. The molecule has 6 heteroatoms. The number of nitrogens with one attached hydrogen (secondary N) is 1. The van der Waals surface area contributed by atoms with Crippen LogP contribution in [0.25, 0.3) is 0 Å². The zero-order valence-corrected chi connectivity index (χ0v) is 11.5. The van der Waals surface area contributed by atoms with E-state index in [4.69, 9.17) is 0 Å². The molecule has 0 radical (unpaired) electrons. The first kappa shape index (κ1) is 15.0. The Morgan fingerprint density at radius 3 is 2.60 bits per heavy atom. The number of hydrogen-bond donors (Lipinski definition) is 1. The van der Waals surface area contributed by atoms with Crippen LogP contribution in [0.1, 0.15) is 29.0 Å². The van der Waals surface area contributed by atoms with Crippen molar-refractivity contribution in [1.29, 1.82) is 0 Å². The van der Waals surface area contributed by atoms with Gasteiger partial charge in [0.05, 0.1) is 5.56 Å². The molecule has 20 heavy (non-hydrogen) atoms. The highest BCUT2D eigenvalue weighted by molar-refractivity contribution is 7.10. The van der Waals surface area contributed by atoms with E-state index in [-0.39, 0.29) is 18.2 Å². The van der Waals surface area contributed by atoms with Crippen LogP contribution in [0.3, 0.4) is 0 Å². The van der Waals surface area contributed by atoms with E-state index in [0.717, 1.165) is 10.9 Å². The van der Waals surface area contributed by atoms with Crippen molar-refractivity contribution in [3.8, 4) is 0 Å². The Morgan fingerprint density at radius 2 is 2.00 bits per heavy atom. The van der Waals surface area contributed by atoms with E-state index >= 15 is 0 Å². The normalized spacial score (nSPS) is 13.4. The molecule has 0 saturated carbocycles. The Balaban J connectivity index is 2.13. The minimum absolute atomic E-state index is 0.0359. The molecule has 0 amide bonds. The Kier molecular flexibility index (Phi) is 4.45. The van der Waals surface area contributed by atoms with Crippen LogP contribution in [0.5, 0.6) is 0 Å². The molecule has 1 aromatic carbocycles. The lowest BCUT2D eigenvalue weighted by molar-refractivity contribution is -0.138. The van der Waals surface area contributed by atoms with Crippen LogP contribution in [0, 0.1) is 5.82 Å². The highest BCUT2D eigenvalue weighted by Crippen LogP contribution is 2.32. The molecule has 1 aromatic heterocycles. The van der Waals surface area contributed by atoms with Crippen molar-refractivity contribution < 1.29 is 17.6 Å². The molecule has 0 saturated heterocycles. The van der Waals surface area contributed by atoms with Gasteiger partial charge < -0.3 is 5.32 Å². The van der Waals surface area contributed by atoms with E-state index in [1.165, 1.54) is 17.4 Å². The van der Waals surface area contributed by atoms with Crippen molar-refractivity contribution in [2.24, 2.45) is 0 Å². The standard InChI is InChI=1S/C14H13F4NS/c1-9(13-3-2-6-20-13)19-8-10-4-5-11(15)7-12(10)14(16,17)18/h2-7,9,19H,8H2,1H3/t9-/m0/s1. The molecule has 2 aromatic rings. The lowest BCUT2D eigenvalue weighted by Crippen LogP contribution is -2.20. The molecule has 0 unspecified atom stereocenters. The van der Waals surface area contributed by atoms with E-state index in [0.29, 0.717) is 6.07 Å². The van der Waals surface area contributed by atoms with E-state index in [2.05, 4.69) is 5.32 Å². The molecule has 1 heterocycles. The van der Waals surface area contributed by atoms with Crippen LogP contribution in [-0.4, -0.2) is 0 Å². The van der Waals surface area contributed by atoms with Crippen molar-refractivity contribution in [3.05, 3.63) is 57.5 Å². The number of hydrogen-bond acceptors (Lipinski definition) is 2. The number of benzene rings is 1. The summed E-state index contributed by atoms with van der Waals surface area (Å²) in [5.74, 6) is -0.882. The third-order valence-electron chi connectivity index (χ3n) is 2.95. The molecule has 0 aliphatic heterocycles. The predicted molar refractivity (Wildman–Crippen MR) is 71.0 cm³/mol. The Hall–Kier alpha value is -1.40. The highest BCUT2D eigenvalue weighted by atomic mass is 32.1. The Labute approximate surface area is 118 Å². The van der Waals surface area contributed by atoms with Gasteiger partial charge in [-0.2, -0.15) is 13.2 Å². The average Bonchev–Trinajstić information content (AvgIpc) is 2.89. The molecule has 108 valence electrons. The number of rotatable bonds is 4. The number of thiophene rings is 1. The minimum Gasteiger partial charge on any atom is -0.305 e. The molecule has 1 atom stereocenters. The van der Waals surface area contributed by atoms with Crippen molar-refractivity contribution >= 4 is 11.3 Å². The molecule has 1 N–H and O–H groups in total. The summed E-state index contributed by atoms with van der Waals surface area (Å²) in [6, 6.07) is 6.50. The van der Waals surface area contributed by atoms with Crippen LogP contribution in [0.4, 0.5) is 17.6 Å². The summed E-state index contributed by atoms with van der Waals surface area (Å²) in [6.07, 6.45) is -4.55. The minimum atomic E-state index is -4.55. The first-order valence-electron chi connectivity index (χ1n) is 6.00. The van der Waals surface area contributed by atoms with Gasteiger partial charge in [0.2, 0.25) is 0 Å². The molecule has 0 fully saturated rings. The topological polar surface area (TPSA) is 12.0 Å². The van der Waals surface area contributed by atoms with Gasteiger partial charge in [-0.3, -0.25) is 0 Å². The van der Waals surface area contributed by atoms with E-state index in [9.17, 15) is 17.6 Å². The predicted octanol–water partition coefficient (Wildman–Crippen LogP) is 4.76. The quantitative estimate of drug-likeness (QED) is 0.803. The smallest absolute Gasteiger partial charge is 0.305 e. The molecule has 2 rings (SSSR count). The van der Waals surface area contributed by atoms with Gasteiger partial charge in [0, 0.05) is 17.5 Å². The van der Waals surface area contributed by atoms with Gasteiger partial charge in [-0.25, -0.2) is 4.39 Å². The van der Waals surface area contributed by atoms with Crippen molar-refractivity contribution in [2.75, 3.05) is 0 Å². The first-order chi connectivity index (χ1) is 9.38.